The summed E-state index contributed by atoms with van der Waals surface area (Å²) in [6.45, 7) is 1.73. The molecule has 0 spiro atoms. The van der Waals surface area contributed by atoms with Gasteiger partial charge in [0.05, 0.1) is 0 Å². The highest BCUT2D eigenvalue weighted by atomic mass is 19.1. The van der Waals surface area contributed by atoms with Crippen LogP contribution in [0.3, 0.4) is 0 Å². The molecule has 4 heteroatoms. The Morgan fingerprint density at radius 3 is 2.38 bits per heavy atom. The fourth-order valence-corrected chi connectivity index (χ4v) is 1.57. The van der Waals surface area contributed by atoms with Gasteiger partial charge in [-0.05, 0) is 31.2 Å². The maximum Gasteiger partial charge on any atom is 0.134 e. The molecule has 2 nitrogen and oxygen atoms in total. The van der Waals surface area contributed by atoms with E-state index < -0.39 is 11.6 Å². The van der Waals surface area contributed by atoms with E-state index in [2.05, 4.69) is 4.98 Å². The maximum atomic E-state index is 13.5. The number of hydrogen-bond donors (Lipinski definition) is 1. The number of pyridine rings is 1. The van der Waals surface area contributed by atoms with Crippen LogP contribution in [0.15, 0.2) is 30.3 Å². The summed E-state index contributed by atoms with van der Waals surface area (Å²) in [5.74, 6) is -0.819. The summed E-state index contributed by atoms with van der Waals surface area (Å²) < 4.78 is 26.3. The lowest BCUT2D eigenvalue weighted by molar-refractivity contribution is 0.585. The van der Waals surface area contributed by atoms with Crippen LogP contribution in [0.1, 0.15) is 5.69 Å². The third-order valence-electron chi connectivity index (χ3n) is 2.33. The predicted octanol–water partition coefficient (Wildman–Crippen LogP) is 2.92. The van der Waals surface area contributed by atoms with E-state index in [-0.39, 0.29) is 0 Å². The average Bonchev–Trinajstić information content (AvgIpc) is 2.19. The fraction of sp³-hybridized carbons (Fsp3) is 0.0833. The van der Waals surface area contributed by atoms with E-state index in [0.717, 1.165) is 6.07 Å². The Bertz CT molecular complexity index is 489. The minimum Gasteiger partial charge on any atom is -0.384 e. The number of anilines is 1. The van der Waals surface area contributed by atoms with Gasteiger partial charge in [-0.1, -0.05) is 0 Å². The molecule has 0 unspecified atom stereocenters. The Morgan fingerprint density at radius 2 is 1.75 bits per heavy atom. The molecule has 0 saturated carbocycles. The van der Waals surface area contributed by atoms with Gasteiger partial charge in [0, 0.05) is 22.9 Å². The maximum absolute atomic E-state index is 13.5. The lowest BCUT2D eigenvalue weighted by Gasteiger charge is -2.07. The first kappa shape index (κ1) is 10.5. The summed E-state index contributed by atoms with van der Waals surface area (Å²) in [5, 5.41) is 0. The molecular weight excluding hydrogens is 210 g/mol. The van der Waals surface area contributed by atoms with Gasteiger partial charge in [0.15, 0.2) is 0 Å². The molecule has 0 atom stereocenters. The smallest absolute Gasteiger partial charge is 0.134 e. The van der Waals surface area contributed by atoms with Gasteiger partial charge in [0.2, 0.25) is 0 Å². The van der Waals surface area contributed by atoms with E-state index in [1.54, 1.807) is 19.1 Å². The normalized spacial score (nSPS) is 10.4. The highest BCUT2D eigenvalue weighted by Gasteiger charge is 2.09. The number of rotatable bonds is 1. The third kappa shape index (κ3) is 1.86. The van der Waals surface area contributed by atoms with Crippen molar-refractivity contribution in [2.45, 2.75) is 6.92 Å². The molecular formula is C12H10F2N2. The molecule has 0 bridgehead atoms. The molecule has 16 heavy (non-hydrogen) atoms. The van der Waals surface area contributed by atoms with Crippen molar-refractivity contribution in [1.82, 2.24) is 4.98 Å². The van der Waals surface area contributed by atoms with Crippen molar-refractivity contribution in [2.24, 2.45) is 0 Å². The molecule has 0 amide bonds. The van der Waals surface area contributed by atoms with Crippen LogP contribution in [0.5, 0.6) is 0 Å². The molecule has 0 aliphatic rings. The van der Waals surface area contributed by atoms with Gasteiger partial charge in [-0.3, -0.25) is 0 Å². The van der Waals surface area contributed by atoms with E-state index in [1.165, 1.54) is 12.1 Å². The molecule has 0 saturated heterocycles. The second-order valence-corrected chi connectivity index (χ2v) is 3.49. The highest BCUT2D eigenvalue weighted by Crippen LogP contribution is 2.26. The van der Waals surface area contributed by atoms with Crippen LogP contribution < -0.4 is 5.73 Å². The lowest BCUT2D eigenvalue weighted by Crippen LogP contribution is -1.95. The van der Waals surface area contributed by atoms with Gasteiger partial charge in [-0.15, -0.1) is 0 Å². The molecule has 1 aromatic heterocycles. The lowest BCUT2D eigenvalue weighted by atomic mass is 10.0. The van der Waals surface area contributed by atoms with Crippen LogP contribution in [-0.4, -0.2) is 4.98 Å². The second kappa shape index (κ2) is 3.89. The molecule has 0 fully saturated rings. The molecule has 82 valence electrons. The summed E-state index contributed by atoms with van der Waals surface area (Å²) in [7, 11) is 0. The van der Waals surface area contributed by atoms with Gasteiger partial charge in [0.25, 0.3) is 0 Å². The molecule has 0 aliphatic carbocycles. The zero-order valence-electron chi connectivity index (χ0n) is 8.67. The largest absolute Gasteiger partial charge is 0.384 e. The average molecular weight is 220 g/mol. The SMILES string of the molecule is Cc1nc(N)ccc1-c1ccc(F)cc1F. The van der Waals surface area contributed by atoms with Gasteiger partial charge >= 0.3 is 0 Å². The van der Waals surface area contributed by atoms with Crippen molar-refractivity contribution >= 4 is 5.82 Å². The summed E-state index contributed by atoms with van der Waals surface area (Å²) in [6, 6.07) is 6.73. The van der Waals surface area contributed by atoms with Gasteiger partial charge in [0.1, 0.15) is 17.5 Å². The molecule has 1 heterocycles. The summed E-state index contributed by atoms with van der Waals surface area (Å²) in [6.07, 6.45) is 0. The number of nitrogens with two attached hydrogens (primary N) is 1. The number of hydrogen-bond acceptors (Lipinski definition) is 2. The van der Waals surface area contributed by atoms with E-state index >= 15 is 0 Å². The molecule has 0 radical (unpaired) electrons. The molecule has 0 aliphatic heterocycles. The van der Waals surface area contributed by atoms with Crippen LogP contribution in [0, 0.1) is 18.6 Å². The summed E-state index contributed by atoms with van der Waals surface area (Å²) in [5.41, 5.74) is 7.06. The topological polar surface area (TPSA) is 38.9 Å². The molecule has 2 aromatic rings. The number of benzene rings is 1. The molecule has 2 rings (SSSR count). The second-order valence-electron chi connectivity index (χ2n) is 3.49. The van der Waals surface area contributed by atoms with Crippen molar-refractivity contribution in [3.05, 3.63) is 47.7 Å². The number of aryl methyl sites for hydroxylation is 1. The summed E-state index contributed by atoms with van der Waals surface area (Å²) >= 11 is 0. The number of halogens is 2. The van der Waals surface area contributed by atoms with Gasteiger partial charge in [-0.2, -0.15) is 0 Å². The van der Waals surface area contributed by atoms with Crippen LogP contribution in [-0.2, 0) is 0 Å². The van der Waals surface area contributed by atoms with Crippen molar-refractivity contribution in [3.63, 3.8) is 0 Å². The van der Waals surface area contributed by atoms with Crippen molar-refractivity contribution in [3.8, 4) is 11.1 Å². The standard InChI is InChI=1S/C12H10F2N2/c1-7-9(4-5-12(15)16-7)10-3-2-8(13)6-11(10)14/h2-6H,1H3,(H2,15,16). The van der Waals surface area contributed by atoms with E-state index in [4.69, 9.17) is 5.73 Å². The van der Waals surface area contributed by atoms with Crippen molar-refractivity contribution < 1.29 is 8.78 Å². The first-order valence-corrected chi connectivity index (χ1v) is 4.76. The first-order valence-electron chi connectivity index (χ1n) is 4.76. The van der Waals surface area contributed by atoms with Crippen LogP contribution in [0.4, 0.5) is 14.6 Å². The third-order valence-corrected chi connectivity index (χ3v) is 2.33. The highest BCUT2D eigenvalue weighted by molar-refractivity contribution is 5.67. The molecule has 2 N–H and O–H groups in total. The Morgan fingerprint density at radius 1 is 1.06 bits per heavy atom. The Labute approximate surface area is 91.7 Å². The van der Waals surface area contributed by atoms with Crippen molar-refractivity contribution in [1.29, 1.82) is 0 Å². The Hall–Kier alpha value is -1.97. The van der Waals surface area contributed by atoms with E-state index in [9.17, 15) is 8.78 Å². The zero-order chi connectivity index (χ0) is 11.7. The van der Waals surface area contributed by atoms with Crippen molar-refractivity contribution in [2.75, 3.05) is 5.73 Å². The number of nitrogens with zero attached hydrogens (tertiary/aromatic N) is 1. The summed E-state index contributed by atoms with van der Waals surface area (Å²) in [4.78, 5) is 4.03. The van der Waals surface area contributed by atoms with Gasteiger partial charge < -0.3 is 5.73 Å². The van der Waals surface area contributed by atoms with Gasteiger partial charge in [-0.25, -0.2) is 13.8 Å². The van der Waals surface area contributed by atoms with E-state index in [1.807, 2.05) is 0 Å². The Balaban J connectivity index is 2.59. The monoisotopic (exact) mass is 220 g/mol. The zero-order valence-corrected chi connectivity index (χ0v) is 8.67. The van der Waals surface area contributed by atoms with Crippen LogP contribution in [0.25, 0.3) is 11.1 Å². The first-order chi connectivity index (χ1) is 7.58. The number of aromatic nitrogens is 1. The Kier molecular flexibility index (Phi) is 2.56. The molecule has 1 aromatic carbocycles. The quantitative estimate of drug-likeness (QED) is 0.802. The van der Waals surface area contributed by atoms with E-state index in [0.29, 0.717) is 22.6 Å². The minimum atomic E-state index is -0.602. The fourth-order valence-electron chi connectivity index (χ4n) is 1.57. The van der Waals surface area contributed by atoms with Crippen LogP contribution >= 0.6 is 0 Å². The predicted molar refractivity (Wildman–Crippen MR) is 58.7 cm³/mol. The number of nitrogen functional groups attached to an aromatic ring is 1. The van der Waals surface area contributed by atoms with Crippen LogP contribution in [0.2, 0.25) is 0 Å². The minimum absolute atomic E-state index is 0.325.